The van der Waals surface area contributed by atoms with Gasteiger partial charge in [0.25, 0.3) is 0 Å². The largest absolute Gasteiger partial charge is 0.153 e. The van der Waals surface area contributed by atoms with Crippen molar-refractivity contribution >= 4 is 17.8 Å². The molecule has 0 N–H and O–H groups in total. The average molecular weight is 230 g/mol. The van der Waals surface area contributed by atoms with Crippen molar-refractivity contribution in [2.45, 2.75) is 6.92 Å². The Balaban J connectivity index is 2.21. The summed E-state index contributed by atoms with van der Waals surface area (Å²) in [5.74, 6) is 2.10. The van der Waals surface area contributed by atoms with Crippen LogP contribution in [-0.4, -0.2) is 11.5 Å². The molecule has 16 heavy (non-hydrogen) atoms. The summed E-state index contributed by atoms with van der Waals surface area (Å²) in [7, 11) is 0. The fourth-order valence-electron chi connectivity index (χ4n) is 1.17. The third kappa shape index (κ3) is 6.31. The van der Waals surface area contributed by atoms with E-state index in [0.29, 0.717) is 0 Å². The lowest BCUT2D eigenvalue weighted by atomic mass is 10.2. The minimum absolute atomic E-state index is 1.05. The summed E-state index contributed by atoms with van der Waals surface area (Å²) in [6.45, 7) is 5.93. The van der Waals surface area contributed by atoms with Crippen molar-refractivity contribution in [2.75, 3.05) is 11.5 Å². The van der Waals surface area contributed by atoms with Gasteiger partial charge in [-0.1, -0.05) is 66.8 Å². The summed E-state index contributed by atoms with van der Waals surface area (Å²) in [6.07, 6.45) is 8.46. The zero-order valence-corrected chi connectivity index (χ0v) is 10.5. The second kappa shape index (κ2) is 8.00. The van der Waals surface area contributed by atoms with Crippen molar-refractivity contribution < 1.29 is 0 Å². The van der Waals surface area contributed by atoms with Gasteiger partial charge in [-0.2, -0.15) is 11.8 Å². The van der Waals surface area contributed by atoms with E-state index in [4.69, 9.17) is 0 Å². The highest BCUT2D eigenvalue weighted by Crippen LogP contribution is 2.05. The number of benzene rings is 1. The lowest BCUT2D eigenvalue weighted by Crippen LogP contribution is -1.79. The van der Waals surface area contributed by atoms with Crippen LogP contribution < -0.4 is 0 Å². The van der Waals surface area contributed by atoms with Gasteiger partial charge in [0.1, 0.15) is 0 Å². The standard InChI is InChI=1S/C15H18S/c1-14(2)13-16-12-8-4-7-11-15-9-5-3-6-10-15/h3-11H,1,12-13H2,2H3/b8-4+,11-7+. The zero-order valence-electron chi connectivity index (χ0n) is 9.73. The Kier molecular flexibility index (Phi) is 6.43. The van der Waals surface area contributed by atoms with E-state index in [1.807, 2.05) is 30.0 Å². The van der Waals surface area contributed by atoms with Crippen LogP contribution in [0, 0.1) is 0 Å². The van der Waals surface area contributed by atoms with Crippen LogP contribution in [0.3, 0.4) is 0 Å². The highest BCUT2D eigenvalue weighted by atomic mass is 32.2. The van der Waals surface area contributed by atoms with Crippen LogP contribution in [0.5, 0.6) is 0 Å². The van der Waals surface area contributed by atoms with Crippen LogP contribution in [-0.2, 0) is 0 Å². The Morgan fingerprint density at radius 3 is 2.69 bits per heavy atom. The maximum Gasteiger partial charge on any atom is 0.0140 e. The monoisotopic (exact) mass is 230 g/mol. The summed E-state index contributed by atoms with van der Waals surface area (Å²) in [5, 5.41) is 0. The van der Waals surface area contributed by atoms with Gasteiger partial charge in [0, 0.05) is 11.5 Å². The molecule has 0 saturated heterocycles. The molecule has 1 heteroatoms. The fraction of sp³-hybridized carbons (Fsp3) is 0.200. The Morgan fingerprint density at radius 2 is 2.00 bits per heavy atom. The van der Waals surface area contributed by atoms with Gasteiger partial charge in [-0.25, -0.2) is 0 Å². The Bertz CT molecular complexity index is 360. The van der Waals surface area contributed by atoms with Crippen LogP contribution in [0.15, 0.2) is 60.7 Å². The van der Waals surface area contributed by atoms with E-state index in [9.17, 15) is 0 Å². The summed E-state index contributed by atoms with van der Waals surface area (Å²) in [5.41, 5.74) is 2.47. The van der Waals surface area contributed by atoms with Crippen LogP contribution in [0.4, 0.5) is 0 Å². The summed E-state index contributed by atoms with van der Waals surface area (Å²) < 4.78 is 0. The Hall–Kier alpha value is -1.21. The van der Waals surface area contributed by atoms with E-state index in [-0.39, 0.29) is 0 Å². The molecule has 0 amide bonds. The highest BCUT2D eigenvalue weighted by molar-refractivity contribution is 7.99. The molecule has 0 saturated carbocycles. The minimum atomic E-state index is 1.05. The molecule has 0 aliphatic rings. The topological polar surface area (TPSA) is 0 Å². The molecule has 0 radical (unpaired) electrons. The van der Waals surface area contributed by atoms with Crippen molar-refractivity contribution in [1.82, 2.24) is 0 Å². The van der Waals surface area contributed by atoms with Crippen molar-refractivity contribution in [2.24, 2.45) is 0 Å². The summed E-state index contributed by atoms with van der Waals surface area (Å²) in [4.78, 5) is 0. The molecule has 0 bridgehead atoms. The van der Waals surface area contributed by atoms with Crippen molar-refractivity contribution in [1.29, 1.82) is 0 Å². The predicted molar refractivity (Wildman–Crippen MR) is 76.8 cm³/mol. The molecular formula is C15H18S. The number of rotatable bonds is 6. The summed E-state index contributed by atoms with van der Waals surface area (Å²) in [6, 6.07) is 10.3. The van der Waals surface area contributed by atoms with E-state index in [2.05, 4.69) is 49.9 Å². The van der Waals surface area contributed by atoms with E-state index in [1.165, 1.54) is 11.1 Å². The molecule has 0 unspecified atom stereocenters. The minimum Gasteiger partial charge on any atom is -0.153 e. The lowest BCUT2D eigenvalue weighted by molar-refractivity contribution is 1.44. The first-order valence-corrected chi connectivity index (χ1v) is 6.55. The van der Waals surface area contributed by atoms with Crippen LogP contribution >= 0.6 is 11.8 Å². The molecule has 0 aromatic heterocycles. The average Bonchev–Trinajstić information content (AvgIpc) is 2.29. The molecule has 0 aliphatic heterocycles. The van der Waals surface area contributed by atoms with E-state index in [1.54, 1.807) is 0 Å². The van der Waals surface area contributed by atoms with E-state index < -0.39 is 0 Å². The van der Waals surface area contributed by atoms with Crippen LogP contribution in [0.25, 0.3) is 6.08 Å². The first-order valence-electron chi connectivity index (χ1n) is 5.39. The number of hydrogen-bond donors (Lipinski definition) is 0. The van der Waals surface area contributed by atoms with Crippen molar-refractivity contribution in [3.63, 3.8) is 0 Å². The van der Waals surface area contributed by atoms with Gasteiger partial charge in [0.05, 0.1) is 0 Å². The van der Waals surface area contributed by atoms with E-state index in [0.717, 1.165) is 11.5 Å². The molecule has 0 spiro atoms. The molecule has 0 fully saturated rings. The maximum atomic E-state index is 3.87. The first-order chi connectivity index (χ1) is 7.79. The normalized spacial score (nSPS) is 11.3. The van der Waals surface area contributed by atoms with Gasteiger partial charge in [0.15, 0.2) is 0 Å². The fourth-order valence-corrected chi connectivity index (χ4v) is 1.88. The highest BCUT2D eigenvalue weighted by Gasteiger charge is 1.84. The molecule has 84 valence electrons. The molecule has 0 aliphatic carbocycles. The smallest absolute Gasteiger partial charge is 0.0140 e. The Morgan fingerprint density at radius 1 is 1.25 bits per heavy atom. The quantitative estimate of drug-likeness (QED) is 0.392. The Labute approximate surface area is 103 Å². The lowest BCUT2D eigenvalue weighted by Gasteiger charge is -1.94. The van der Waals surface area contributed by atoms with Crippen LogP contribution in [0.1, 0.15) is 12.5 Å². The van der Waals surface area contributed by atoms with Gasteiger partial charge in [-0.3, -0.25) is 0 Å². The van der Waals surface area contributed by atoms with Gasteiger partial charge in [0.2, 0.25) is 0 Å². The van der Waals surface area contributed by atoms with Gasteiger partial charge in [-0.15, -0.1) is 0 Å². The number of thioether (sulfide) groups is 1. The first kappa shape index (κ1) is 12.9. The SMILES string of the molecule is C=C(C)CSC/C=C/C=C/c1ccccc1. The van der Waals surface area contributed by atoms with Gasteiger partial charge >= 0.3 is 0 Å². The molecule has 1 rings (SSSR count). The summed E-state index contributed by atoms with van der Waals surface area (Å²) >= 11 is 1.89. The molecule has 0 heterocycles. The molecule has 0 nitrogen and oxygen atoms in total. The zero-order chi connectivity index (χ0) is 11.6. The second-order valence-electron chi connectivity index (χ2n) is 3.67. The number of allylic oxidation sites excluding steroid dienone is 2. The van der Waals surface area contributed by atoms with Crippen molar-refractivity contribution in [3.8, 4) is 0 Å². The van der Waals surface area contributed by atoms with Gasteiger partial charge in [-0.05, 0) is 12.5 Å². The predicted octanol–water partition coefficient (Wildman–Crippen LogP) is 4.57. The van der Waals surface area contributed by atoms with Crippen LogP contribution in [0.2, 0.25) is 0 Å². The second-order valence-corrected chi connectivity index (χ2v) is 4.70. The van der Waals surface area contributed by atoms with Crippen molar-refractivity contribution in [3.05, 3.63) is 66.3 Å². The van der Waals surface area contributed by atoms with Gasteiger partial charge < -0.3 is 0 Å². The van der Waals surface area contributed by atoms with E-state index >= 15 is 0 Å². The third-order valence-electron chi connectivity index (χ3n) is 1.90. The number of hydrogen-bond acceptors (Lipinski definition) is 1. The third-order valence-corrected chi connectivity index (χ3v) is 3.02. The molecule has 1 aromatic carbocycles. The molecule has 0 atom stereocenters. The molecular weight excluding hydrogens is 212 g/mol. The molecule has 1 aromatic rings. The maximum absolute atomic E-state index is 3.87.